The van der Waals surface area contributed by atoms with Crippen molar-refractivity contribution in [2.75, 3.05) is 52.4 Å². The summed E-state index contributed by atoms with van der Waals surface area (Å²) in [5.74, 6) is 1.94. The van der Waals surface area contributed by atoms with Crippen molar-refractivity contribution >= 4 is 11.8 Å². The summed E-state index contributed by atoms with van der Waals surface area (Å²) in [5.41, 5.74) is 5.31. The molecule has 226 valence electrons. The number of rotatable bonds is 11. The summed E-state index contributed by atoms with van der Waals surface area (Å²) >= 11 is 0. The van der Waals surface area contributed by atoms with E-state index in [2.05, 4.69) is 52.3 Å². The predicted molar refractivity (Wildman–Crippen MR) is 171 cm³/mol. The second-order valence-corrected chi connectivity index (χ2v) is 12.6. The maximum atomic E-state index is 13.3. The largest absolute Gasteiger partial charge is 0.492 e. The highest BCUT2D eigenvalue weighted by Gasteiger charge is 2.45. The van der Waals surface area contributed by atoms with Gasteiger partial charge >= 0.3 is 0 Å². The van der Waals surface area contributed by atoms with Crippen LogP contribution in [0.4, 0.5) is 0 Å². The normalized spacial score (nSPS) is 18.0. The van der Waals surface area contributed by atoms with Gasteiger partial charge in [0.25, 0.3) is 11.8 Å². The van der Waals surface area contributed by atoms with E-state index in [1.165, 1.54) is 18.4 Å². The van der Waals surface area contributed by atoms with E-state index >= 15 is 0 Å². The molecule has 0 atom stereocenters. The number of likely N-dealkylation sites (tertiary alicyclic amines) is 1. The highest BCUT2D eigenvalue weighted by molar-refractivity contribution is 5.97. The zero-order valence-corrected chi connectivity index (χ0v) is 25.8. The van der Waals surface area contributed by atoms with Gasteiger partial charge in [-0.1, -0.05) is 48.5 Å². The van der Waals surface area contributed by atoms with E-state index in [9.17, 15) is 9.59 Å². The lowest BCUT2D eigenvalue weighted by Gasteiger charge is -2.48. The first-order valence-corrected chi connectivity index (χ1v) is 16.2. The van der Waals surface area contributed by atoms with Gasteiger partial charge < -0.3 is 14.5 Å². The van der Waals surface area contributed by atoms with Crippen molar-refractivity contribution < 1.29 is 14.3 Å². The molecule has 0 aromatic heterocycles. The number of hydrogen-bond acceptors (Lipinski definition) is 4. The number of carbonyl (C=O) groups is 2. The standard InChI is InChI=1S/C37H45N3O3/c1-3-39(4-2)35(41)30-17-15-28(16-18-30)25-31-9-5-8-12-34(31)43-24-23-38-21-19-37(20-22-38)27-40(26-29-13-14-29)36(42)32-10-6-7-11-33(32)37/h5-12,15-18,29H,3-4,13-14,19-27H2,1-2H3. The third kappa shape index (κ3) is 6.50. The van der Waals surface area contributed by atoms with Gasteiger partial charge in [-0.05, 0) is 99.5 Å². The number of nitrogens with zero attached hydrogens (tertiary/aromatic N) is 3. The van der Waals surface area contributed by atoms with Gasteiger partial charge in [-0.2, -0.15) is 0 Å². The van der Waals surface area contributed by atoms with Crippen molar-refractivity contribution in [1.82, 2.24) is 14.7 Å². The lowest BCUT2D eigenvalue weighted by Crippen LogP contribution is -2.55. The number of piperidine rings is 1. The second-order valence-electron chi connectivity index (χ2n) is 12.6. The minimum absolute atomic E-state index is 0.0644. The van der Waals surface area contributed by atoms with Crippen LogP contribution >= 0.6 is 0 Å². The average Bonchev–Trinajstić information content (AvgIpc) is 3.87. The summed E-state index contributed by atoms with van der Waals surface area (Å²) in [7, 11) is 0. The molecule has 6 heteroatoms. The molecule has 2 fully saturated rings. The molecule has 3 aromatic rings. The van der Waals surface area contributed by atoms with Crippen LogP contribution < -0.4 is 4.74 Å². The average molecular weight is 580 g/mol. The van der Waals surface area contributed by atoms with Crippen LogP contribution in [-0.4, -0.2) is 78.9 Å². The van der Waals surface area contributed by atoms with Gasteiger partial charge in [0.1, 0.15) is 12.4 Å². The Kier molecular flexibility index (Phi) is 8.85. The van der Waals surface area contributed by atoms with Crippen molar-refractivity contribution in [1.29, 1.82) is 0 Å². The number of benzene rings is 3. The SMILES string of the molecule is CCN(CC)C(=O)c1ccc(Cc2ccccc2OCCN2CCC3(CC2)CN(CC2CC2)C(=O)c2ccccc23)cc1. The first kappa shape index (κ1) is 29.4. The molecular formula is C37H45N3O3. The fourth-order valence-electron chi connectivity index (χ4n) is 6.97. The Bertz CT molecular complexity index is 1420. The van der Waals surface area contributed by atoms with E-state index in [0.29, 0.717) is 25.6 Å². The van der Waals surface area contributed by atoms with Crippen molar-refractivity contribution in [3.63, 3.8) is 0 Å². The number of ether oxygens (including phenoxy) is 1. The zero-order chi connectivity index (χ0) is 29.8. The predicted octanol–water partition coefficient (Wildman–Crippen LogP) is 6.04. The number of para-hydroxylation sites is 1. The molecule has 3 aliphatic rings. The molecule has 0 bridgehead atoms. The fourth-order valence-corrected chi connectivity index (χ4v) is 6.97. The number of carbonyl (C=O) groups excluding carboxylic acids is 2. The molecule has 1 spiro atoms. The number of amides is 2. The van der Waals surface area contributed by atoms with Crippen LogP contribution in [0.25, 0.3) is 0 Å². The van der Waals surface area contributed by atoms with Crippen molar-refractivity contribution in [3.8, 4) is 5.75 Å². The van der Waals surface area contributed by atoms with E-state index in [4.69, 9.17) is 4.74 Å². The molecule has 3 aromatic carbocycles. The molecule has 0 unspecified atom stereocenters. The molecule has 2 aliphatic heterocycles. The monoisotopic (exact) mass is 579 g/mol. The van der Waals surface area contributed by atoms with Crippen LogP contribution in [-0.2, 0) is 11.8 Å². The lowest BCUT2D eigenvalue weighted by atomic mass is 9.68. The van der Waals surface area contributed by atoms with Crippen LogP contribution in [0.1, 0.15) is 76.9 Å². The maximum absolute atomic E-state index is 13.3. The molecule has 1 aliphatic carbocycles. The molecular weight excluding hydrogens is 534 g/mol. The number of hydrogen-bond donors (Lipinski definition) is 0. The van der Waals surface area contributed by atoms with Crippen LogP contribution in [0.2, 0.25) is 0 Å². The van der Waals surface area contributed by atoms with Gasteiger partial charge in [-0.25, -0.2) is 0 Å². The highest BCUT2D eigenvalue weighted by atomic mass is 16.5. The van der Waals surface area contributed by atoms with Crippen molar-refractivity contribution in [2.24, 2.45) is 5.92 Å². The molecule has 1 saturated carbocycles. The smallest absolute Gasteiger partial charge is 0.254 e. The second kappa shape index (κ2) is 12.9. The quantitative estimate of drug-likeness (QED) is 0.278. The molecule has 6 nitrogen and oxygen atoms in total. The van der Waals surface area contributed by atoms with Crippen LogP contribution in [0.5, 0.6) is 5.75 Å². The van der Waals surface area contributed by atoms with Gasteiger partial charge in [0.2, 0.25) is 0 Å². The third-order valence-corrected chi connectivity index (χ3v) is 9.78. The Morgan fingerprint density at radius 3 is 2.35 bits per heavy atom. The van der Waals surface area contributed by atoms with E-state index in [1.54, 1.807) is 0 Å². The summed E-state index contributed by atoms with van der Waals surface area (Å²) in [5, 5.41) is 0. The summed E-state index contributed by atoms with van der Waals surface area (Å²) in [6.07, 6.45) is 5.43. The molecule has 6 rings (SSSR count). The molecule has 0 N–H and O–H groups in total. The minimum Gasteiger partial charge on any atom is -0.492 e. The minimum atomic E-state index is 0.0644. The van der Waals surface area contributed by atoms with E-state index < -0.39 is 0 Å². The first-order valence-electron chi connectivity index (χ1n) is 16.2. The van der Waals surface area contributed by atoms with Gasteiger partial charge in [0.15, 0.2) is 0 Å². The Labute approximate surface area is 256 Å². The van der Waals surface area contributed by atoms with Crippen molar-refractivity contribution in [3.05, 3.63) is 101 Å². The van der Waals surface area contributed by atoms with Crippen LogP contribution in [0, 0.1) is 5.92 Å². The van der Waals surface area contributed by atoms with Gasteiger partial charge in [-0.3, -0.25) is 14.5 Å². The lowest BCUT2D eigenvalue weighted by molar-refractivity contribution is 0.0558. The Morgan fingerprint density at radius 2 is 1.63 bits per heavy atom. The topological polar surface area (TPSA) is 53.1 Å². The van der Waals surface area contributed by atoms with Gasteiger partial charge in [0, 0.05) is 55.7 Å². The Balaban J connectivity index is 1.04. The number of fused-ring (bicyclic) bond motifs is 2. The summed E-state index contributed by atoms with van der Waals surface area (Å²) in [4.78, 5) is 32.5. The molecule has 0 radical (unpaired) electrons. The summed E-state index contributed by atoms with van der Waals surface area (Å²) in [6, 6.07) is 24.6. The Morgan fingerprint density at radius 1 is 0.930 bits per heavy atom. The molecule has 1 saturated heterocycles. The van der Waals surface area contributed by atoms with Crippen LogP contribution in [0.15, 0.2) is 72.8 Å². The van der Waals surface area contributed by atoms with Gasteiger partial charge in [0.05, 0.1) is 0 Å². The fraction of sp³-hybridized carbons (Fsp3) is 0.459. The summed E-state index contributed by atoms with van der Waals surface area (Å²) in [6.45, 7) is 10.8. The Hall–Kier alpha value is -3.64. The zero-order valence-electron chi connectivity index (χ0n) is 25.8. The van der Waals surface area contributed by atoms with E-state index in [1.807, 2.05) is 49.1 Å². The molecule has 2 heterocycles. The first-order chi connectivity index (χ1) is 21.0. The van der Waals surface area contributed by atoms with E-state index in [-0.39, 0.29) is 17.2 Å². The van der Waals surface area contributed by atoms with Crippen LogP contribution in [0.3, 0.4) is 0 Å². The molecule has 43 heavy (non-hydrogen) atoms. The van der Waals surface area contributed by atoms with E-state index in [0.717, 1.165) is 80.0 Å². The third-order valence-electron chi connectivity index (χ3n) is 9.78. The summed E-state index contributed by atoms with van der Waals surface area (Å²) < 4.78 is 6.35. The maximum Gasteiger partial charge on any atom is 0.254 e. The highest BCUT2D eigenvalue weighted by Crippen LogP contribution is 2.43. The van der Waals surface area contributed by atoms with Gasteiger partial charge in [-0.15, -0.1) is 0 Å². The van der Waals surface area contributed by atoms with Crippen molar-refractivity contribution in [2.45, 2.75) is 51.4 Å². The molecule has 2 amide bonds.